The van der Waals surface area contributed by atoms with Gasteiger partial charge in [-0.05, 0) is 19.8 Å². The van der Waals surface area contributed by atoms with E-state index in [1.807, 2.05) is 0 Å². The fraction of sp³-hybridized carbons (Fsp3) is 0.714. The zero-order valence-corrected chi connectivity index (χ0v) is 14.0. The summed E-state index contributed by atoms with van der Waals surface area (Å²) in [4.78, 5) is 23.2. The van der Waals surface area contributed by atoms with Crippen molar-refractivity contribution in [3.8, 4) is 0 Å². The molecule has 0 unspecified atom stereocenters. The summed E-state index contributed by atoms with van der Waals surface area (Å²) in [6.45, 7) is 5.79. The highest BCUT2D eigenvalue weighted by Gasteiger charge is 2.18. The molecule has 5 nitrogen and oxygen atoms in total. The van der Waals surface area contributed by atoms with E-state index in [1.54, 1.807) is 11.8 Å². The predicted octanol–water partition coefficient (Wildman–Crippen LogP) is -1.90. The molecule has 0 radical (unpaired) electrons. The normalized spacial score (nSPS) is 15.3. The molecule has 1 heterocycles. The van der Waals surface area contributed by atoms with Gasteiger partial charge in [-0.3, -0.25) is 9.59 Å². The number of carbonyl (C=O) groups is 2. The van der Waals surface area contributed by atoms with Gasteiger partial charge in [-0.1, -0.05) is 6.92 Å². The first-order valence-corrected chi connectivity index (χ1v) is 6.75. The summed E-state index contributed by atoms with van der Waals surface area (Å²) in [5, 5.41) is 0. The quantitative estimate of drug-likeness (QED) is 0.487. The molecule has 1 fully saturated rings. The first-order chi connectivity index (χ1) is 8.67. The lowest BCUT2D eigenvalue weighted by molar-refractivity contribution is -0.870. The molecule has 0 spiro atoms. The number of likely N-dealkylation sites (tertiary alicyclic amines) is 1. The molecule has 118 valence electrons. The average molecular weight is 306 g/mol. The van der Waals surface area contributed by atoms with Gasteiger partial charge in [0.15, 0.2) is 0 Å². The Labute approximate surface area is 128 Å². The molecule has 0 atom stereocenters. The van der Waals surface area contributed by atoms with E-state index in [0.29, 0.717) is 18.5 Å². The maximum absolute atomic E-state index is 11.1. The summed E-state index contributed by atoms with van der Waals surface area (Å²) >= 11 is 0. The molecule has 2 amide bonds. The second kappa shape index (κ2) is 9.77. The molecule has 2 N–H and O–H groups in total. The Morgan fingerprint density at radius 2 is 1.95 bits per heavy atom. The smallest absolute Gasteiger partial charge is 0.245 e. The van der Waals surface area contributed by atoms with Crippen LogP contribution in [0.15, 0.2) is 11.8 Å². The van der Waals surface area contributed by atoms with Gasteiger partial charge in [-0.15, -0.1) is 0 Å². The number of nitrogens with zero attached hydrogens (tertiary/aromatic N) is 2. The topological polar surface area (TPSA) is 63.4 Å². The van der Waals surface area contributed by atoms with E-state index >= 15 is 0 Å². The van der Waals surface area contributed by atoms with Crippen molar-refractivity contribution in [1.82, 2.24) is 4.90 Å². The average Bonchev–Trinajstić information content (AvgIpc) is 2.63. The van der Waals surface area contributed by atoms with Crippen LogP contribution in [0.3, 0.4) is 0 Å². The highest BCUT2D eigenvalue weighted by molar-refractivity contribution is 5.92. The molecular weight excluding hydrogens is 278 g/mol. The number of quaternary nitrogens is 1. The molecule has 1 aliphatic heterocycles. The van der Waals surface area contributed by atoms with Gasteiger partial charge in [0, 0.05) is 24.7 Å². The number of halogens is 1. The summed E-state index contributed by atoms with van der Waals surface area (Å²) in [5.41, 5.74) is 5.44. The fourth-order valence-corrected chi connectivity index (χ4v) is 1.77. The first-order valence-electron chi connectivity index (χ1n) is 6.75. The number of hydrogen-bond acceptors (Lipinski definition) is 2. The zero-order valence-electron chi connectivity index (χ0n) is 13.3. The van der Waals surface area contributed by atoms with Crippen LogP contribution in [0.2, 0.25) is 0 Å². The third kappa shape index (κ3) is 9.81. The monoisotopic (exact) mass is 305 g/mol. The van der Waals surface area contributed by atoms with Gasteiger partial charge in [0.1, 0.15) is 0 Å². The van der Waals surface area contributed by atoms with Crippen molar-refractivity contribution in [2.45, 2.75) is 33.1 Å². The van der Waals surface area contributed by atoms with Crippen LogP contribution in [-0.4, -0.2) is 55.4 Å². The standard InChI is InChI=1S/C8H12N2O2.C6H16N.ClH/c1-6(8(9)12)5-10-4-2-3-7(10)11;1-5-6-7(2,3)4;/h5H,2-4H2,1H3,(H2,9,12);5-6H2,1-4H3;1H/q;+1;/p-1. The number of primary amides is 1. The summed E-state index contributed by atoms with van der Waals surface area (Å²) in [5.74, 6) is -0.412. The summed E-state index contributed by atoms with van der Waals surface area (Å²) in [6, 6.07) is 0. The fourth-order valence-electron chi connectivity index (χ4n) is 1.77. The molecule has 0 bridgehead atoms. The highest BCUT2D eigenvalue weighted by atomic mass is 35.5. The van der Waals surface area contributed by atoms with E-state index in [0.717, 1.165) is 10.9 Å². The van der Waals surface area contributed by atoms with Crippen LogP contribution in [0.4, 0.5) is 0 Å². The molecule has 0 saturated carbocycles. The van der Waals surface area contributed by atoms with E-state index in [4.69, 9.17) is 5.73 Å². The van der Waals surface area contributed by atoms with Crippen LogP contribution in [0, 0.1) is 0 Å². The van der Waals surface area contributed by atoms with Gasteiger partial charge in [-0.25, -0.2) is 0 Å². The zero-order chi connectivity index (χ0) is 15.1. The van der Waals surface area contributed by atoms with E-state index in [-0.39, 0.29) is 18.3 Å². The Bertz CT molecular complexity index is 349. The third-order valence-electron chi connectivity index (χ3n) is 2.74. The number of amides is 2. The minimum absolute atomic E-state index is 0. The third-order valence-corrected chi connectivity index (χ3v) is 2.74. The maximum atomic E-state index is 11.1. The molecule has 1 aliphatic rings. The summed E-state index contributed by atoms with van der Waals surface area (Å²) in [6.07, 6.45) is 4.24. The van der Waals surface area contributed by atoms with Crippen LogP contribution in [0.1, 0.15) is 33.1 Å². The SMILES string of the molecule is CC(=CN1CCCC1=O)C(N)=O.CCC[N+](C)(C)C.[Cl-]. The Morgan fingerprint density at radius 3 is 2.20 bits per heavy atom. The van der Waals surface area contributed by atoms with Crippen LogP contribution >= 0.6 is 0 Å². The minimum Gasteiger partial charge on any atom is -1.00 e. The molecule has 0 aliphatic carbocycles. The molecule has 1 saturated heterocycles. The molecule has 0 aromatic carbocycles. The van der Waals surface area contributed by atoms with E-state index in [9.17, 15) is 9.59 Å². The van der Waals surface area contributed by atoms with Crippen molar-refractivity contribution in [3.63, 3.8) is 0 Å². The van der Waals surface area contributed by atoms with Gasteiger partial charge in [0.2, 0.25) is 11.8 Å². The van der Waals surface area contributed by atoms with Crippen molar-refractivity contribution in [1.29, 1.82) is 0 Å². The number of carbonyl (C=O) groups excluding carboxylic acids is 2. The van der Waals surface area contributed by atoms with E-state index in [2.05, 4.69) is 28.1 Å². The van der Waals surface area contributed by atoms with Crippen molar-refractivity contribution in [2.75, 3.05) is 34.2 Å². The van der Waals surface area contributed by atoms with Crippen LogP contribution in [0.25, 0.3) is 0 Å². The Kier molecular flexibility index (Phi) is 10.4. The number of hydrogen-bond donors (Lipinski definition) is 1. The lowest BCUT2D eigenvalue weighted by atomic mass is 10.3. The van der Waals surface area contributed by atoms with Crippen molar-refractivity contribution in [2.24, 2.45) is 5.73 Å². The Morgan fingerprint density at radius 1 is 1.40 bits per heavy atom. The molecular formula is C14H28ClN3O2. The van der Waals surface area contributed by atoms with Crippen LogP contribution in [-0.2, 0) is 9.59 Å². The van der Waals surface area contributed by atoms with Gasteiger partial charge in [0.25, 0.3) is 0 Å². The molecule has 6 heteroatoms. The van der Waals surface area contributed by atoms with Gasteiger partial charge in [0.05, 0.1) is 27.7 Å². The Balaban J connectivity index is 0. The second-order valence-corrected chi connectivity index (χ2v) is 5.88. The largest absolute Gasteiger partial charge is 1.00 e. The number of rotatable bonds is 4. The van der Waals surface area contributed by atoms with Crippen molar-refractivity contribution >= 4 is 11.8 Å². The minimum atomic E-state index is -0.477. The van der Waals surface area contributed by atoms with Gasteiger partial charge in [-0.2, -0.15) is 0 Å². The Hall–Kier alpha value is -1.07. The second-order valence-electron chi connectivity index (χ2n) is 5.88. The van der Waals surface area contributed by atoms with Gasteiger partial charge >= 0.3 is 0 Å². The molecule has 1 rings (SSSR count). The van der Waals surface area contributed by atoms with Crippen molar-refractivity contribution < 1.29 is 26.5 Å². The first kappa shape index (κ1) is 21.2. The molecule has 0 aromatic heterocycles. The lowest BCUT2D eigenvalue weighted by Crippen LogP contribution is -3.00. The lowest BCUT2D eigenvalue weighted by Gasteiger charge is -2.22. The van der Waals surface area contributed by atoms with E-state index < -0.39 is 5.91 Å². The molecule has 0 aromatic rings. The summed E-state index contributed by atoms with van der Waals surface area (Å²) in [7, 11) is 6.64. The van der Waals surface area contributed by atoms with E-state index in [1.165, 1.54) is 19.2 Å². The van der Waals surface area contributed by atoms with Crippen LogP contribution in [0.5, 0.6) is 0 Å². The van der Waals surface area contributed by atoms with Crippen LogP contribution < -0.4 is 18.1 Å². The molecule has 20 heavy (non-hydrogen) atoms. The summed E-state index contributed by atoms with van der Waals surface area (Å²) < 4.78 is 1.09. The maximum Gasteiger partial charge on any atom is 0.245 e. The predicted molar refractivity (Wildman–Crippen MR) is 77.1 cm³/mol. The van der Waals surface area contributed by atoms with Gasteiger partial charge < -0.3 is 27.5 Å². The highest BCUT2D eigenvalue weighted by Crippen LogP contribution is 2.11. The number of nitrogens with two attached hydrogens (primary N) is 1. The van der Waals surface area contributed by atoms with Crippen molar-refractivity contribution in [3.05, 3.63) is 11.8 Å².